The van der Waals surface area contributed by atoms with E-state index in [-0.39, 0.29) is 36.4 Å². The van der Waals surface area contributed by atoms with E-state index < -0.39 is 36.3 Å². The van der Waals surface area contributed by atoms with Crippen molar-refractivity contribution in [1.29, 1.82) is 0 Å². The van der Waals surface area contributed by atoms with Gasteiger partial charge in [0.05, 0.1) is 19.6 Å². The average molecular weight is 660 g/mol. The second-order valence-corrected chi connectivity index (χ2v) is 12.0. The third-order valence-corrected chi connectivity index (χ3v) is 9.14. The maximum atomic E-state index is 14.7. The number of ether oxygens (including phenoxy) is 6. The third kappa shape index (κ3) is 6.59. The molecule has 0 aromatic heterocycles. The zero-order valence-corrected chi connectivity index (χ0v) is 29.3. The Morgan fingerprint density at radius 3 is 2.38 bits per heavy atom. The van der Waals surface area contributed by atoms with Crippen LogP contribution in [0.1, 0.15) is 65.0 Å². The normalized spacial score (nSPS) is 18.3. The van der Waals surface area contributed by atoms with Crippen LogP contribution in [0.3, 0.4) is 0 Å². The van der Waals surface area contributed by atoms with Gasteiger partial charge in [0.15, 0.2) is 18.1 Å². The molecule has 9 nitrogen and oxygen atoms in total. The summed E-state index contributed by atoms with van der Waals surface area (Å²) in [6.45, 7) is 2.14. The summed E-state index contributed by atoms with van der Waals surface area (Å²) < 4.78 is 35.0. The third-order valence-electron chi connectivity index (χ3n) is 9.14. The van der Waals surface area contributed by atoms with Crippen LogP contribution in [0, 0.1) is 5.92 Å². The first-order chi connectivity index (χ1) is 22.9. The number of aryl methyl sites for hydroxylation is 2. The van der Waals surface area contributed by atoms with E-state index in [1.807, 2.05) is 67.6 Å². The Hall–Kier alpha value is -4.18. The van der Waals surface area contributed by atoms with E-state index in [9.17, 15) is 14.7 Å². The number of esters is 1. The van der Waals surface area contributed by atoms with Gasteiger partial charge in [-0.1, -0.05) is 31.2 Å². The molecule has 1 aliphatic heterocycles. The standard InChI is InChI=1S/C38H36O9.Na/c1-3-15-43-26-11-12-28-30(18-26)36(29-13-10-25(42-2)19-32(29)44-20-34(39)40)37(35(28)24-8-14-31-33(17-24)46-21-45-31)38(41)47-27-9-7-22-5-4-6-23(22)16-27;/h7-14,16-19,35-37H,3-6,15,20-21H2,1-2H3,(H,39,40);/t35-,36+,37+;/m0./s1. The molecule has 1 heterocycles. The zero-order chi connectivity index (χ0) is 32.5. The first-order valence-corrected chi connectivity index (χ1v) is 16.0. The predicted molar refractivity (Wildman–Crippen MR) is 178 cm³/mol. The van der Waals surface area contributed by atoms with Crippen LogP contribution in [0.5, 0.6) is 34.5 Å². The summed E-state index contributed by atoms with van der Waals surface area (Å²) in [5.74, 6) is -0.0904. The maximum Gasteiger partial charge on any atom is 0.341 e. The number of hydrogen-bond acceptors (Lipinski definition) is 8. The quantitative estimate of drug-likeness (QED) is 0.113. The van der Waals surface area contributed by atoms with E-state index in [1.54, 1.807) is 12.1 Å². The molecule has 3 aliphatic rings. The minimum absolute atomic E-state index is 0. The van der Waals surface area contributed by atoms with Gasteiger partial charge in [-0.05, 0) is 96.0 Å². The molecule has 2 aliphatic carbocycles. The van der Waals surface area contributed by atoms with Crippen LogP contribution < -0.4 is 28.4 Å². The van der Waals surface area contributed by atoms with Crippen LogP contribution in [0.4, 0.5) is 0 Å². The van der Waals surface area contributed by atoms with Crippen molar-refractivity contribution in [3.05, 3.63) is 106 Å². The number of carboxylic acid groups (broad SMARTS) is 1. The van der Waals surface area contributed by atoms with E-state index in [4.69, 9.17) is 28.4 Å². The van der Waals surface area contributed by atoms with Gasteiger partial charge in [-0.3, -0.25) is 4.79 Å². The molecule has 0 saturated carbocycles. The Balaban J connectivity index is 0.00000401. The van der Waals surface area contributed by atoms with Gasteiger partial charge < -0.3 is 33.5 Å². The van der Waals surface area contributed by atoms with Crippen molar-refractivity contribution in [3.8, 4) is 34.5 Å². The summed E-state index contributed by atoms with van der Waals surface area (Å²) in [6.07, 6.45) is 3.89. The van der Waals surface area contributed by atoms with Crippen molar-refractivity contribution < 1.29 is 43.1 Å². The summed E-state index contributed by atoms with van der Waals surface area (Å²) in [6, 6.07) is 22.8. The molecule has 0 spiro atoms. The summed E-state index contributed by atoms with van der Waals surface area (Å²) >= 11 is 0. The van der Waals surface area contributed by atoms with Crippen LogP contribution in [-0.4, -0.2) is 73.7 Å². The molecule has 10 heteroatoms. The molecule has 0 amide bonds. The molecule has 0 unspecified atom stereocenters. The number of carbonyl (C=O) groups excluding carboxylic acids is 1. The Morgan fingerprint density at radius 1 is 0.792 bits per heavy atom. The smallest absolute Gasteiger partial charge is 0.341 e. The zero-order valence-electron chi connectivity index (χ0n) is 27.3. The van der Waals surface area contributed by atoms with Crippen LogP contribution in [0.2, 0.25) is 0 Å². The number of carbonyl (C=O) groups is 2. The summed E-state index contributed by atoms with van der Waals surface area (Å²) in [5, 5.41) is 9.50. The first-order valence-electron chi connectivity index (χ1n) is 16.0. The summed E-state index contributed by atoms with van der Waals surface area (Å²) in [4.78, 5) is 26.3. The van der Waals surface area contributed by atoms with Crippen molar-refractivity contribution in [2.75, 3.05) is 27.1 Å². The fourth-order valence-corrected chi connectivity index (χ4v) is 7.08. The fourth-order valence-electron chi connectivity index (χ4n) is 7.08. The Bertz CT molecular complexity index is 1840. The van der Waals surface area contributed by atoms with Gasteiger partial charge in [0, 0.05) is 53.0 Å². The van der Waals surface area contributed by atoms with Gasteiger partial charge in [0.25, 0.3) is 0 Å². The molecule has 3 atom stereocenters. The van der Waals surface area contributed by atoms with Crippen molar-refractivity contribution in [1.82, 2.24) is 0 Å². The van der Waals surface area contributed by atoms with Gasteiger partial charge in [-0.25, -0.2) is 4.79 Å². The molecular formula is C38H36NaO9. The van der Waals surface area contributed by atoms with Gasteiger partial charge in [0.2, 0.25) is 6.79 Å². The second-order valence-electron chi connectivity index (χ2n) is 12.0. The average Bonchev–Trinajstić information content (AvgIpc) is 3.83. The monoisotopic (exact) mass is 659 g/mol. The Labute approximate surface area is 301 Å². The van der Waals surface area contributed by atoms with Gasteiger partial charge in [-0.15, -0.1) is 0 Å². The van der Waals surface area contributed by atoms with Gasteiger partial charge >= 0.3 is 11.9 Å². The van der Waals surface area contributed by atoms with E-state index in [0.717, 1.165) is 42.4 Å². The number of aliphatic carboxylic acids is 1. The molecule has 48 heavy (non-hydrogen) atoms. The van der Waals surface area contributed by atoms with Crippen molar-refractivity contribution in [2.24, 2.45) is 5.92 Å². The van der Waals surface area contributed by atoms with E-state index >= 15 is 0 Å². The molecule has 1 N–H and O–H groups in total. The number of hydrogen-bond donors (Lipinski definition) is 1. The molecule has 4 aromatic rings. The van der Waals surface area contributed by atoms with E-state index in [0.29, 0.717) is 46.7 Å². The fraction of sp³-hybridized carbons (Fsp3) is 0.316. The summed E-state index contributed by atoms with van der Waals surface area (Å²) in [7, 11) is 1.53. The topological polar surface area (TPSA) is 110 Å². The van der Waals surface area contributed by atoms with Crippen molar-refractivity contribution >= 4 is 41.5 Å². The Kier molecular flexibility index (Phi) is 10.2. The van der Waals surface area contributed by atoms with Crippen LogP contribution in [-0.2, 0) is 22.4 Å². The number of benzene rings is 4. The van der Waals surface area contributed by atoms with Crippen LogP contribution >= 0.6 is 0 Å². The van der Waals surface area contributed by atoms with Crippen LogP contribution in [0.15, 0.2) is 72.8 Å². The number of carboxylic acids is 1. The number of rotatable bonds is 11. The minimum atomic E-state index is -1.12. The number of fused-ring (bicyclic) bond motifs is 3. The van der Waals surface area contributed by atoms with Gasteiger partial charge in [-0.2, -0.15) is 0 Å². The number of methoxy groups -OCH3 is 1. The molecule has 243 valence electrons. The molecule has 7 rings (SSSR count). The SMILES string of the molecule is CCCOc1ccc2c(c1)[C@@H](c1ccc(OC)cc1OCC(=O)O)[C@H](C(=O)Oc1ccc3c(c1)CCC3)[C@H]2c1ccc2c(c1)OCO2.[Na]. The minimum Gasteiger partial charge on any atom is -0.497 e. The molecule has 0 bridgehead atoms. The largest absolute Gasteiger partial charge is 0.497 e. The predicted octanol–water partition coefficient (Wildman–Crippen LogP) is 6.28. The molecule has 1 radical (unpaired) electrons. The second kappa shape index (κ2) is 14.5. The molecular weight excluding hydrogens is 623 g/mol. The van der Waals surface area contributed by atoms with E-state index in [2.05, 4.69) is 0 Å². The molecule has 0 fully saturated rings. The maximum absolute atomic E-state index is 14.7. The van der Waals surface area contributed by atoms with E-state index in [1.165, 1.54) is 18.2 Å². The van der Waals surface area contributed by atoms with Crippen molar-refractivity contribution in [2.45, 2.75) is 44.4 Å². The van der Waals surface area contributed by atoms with Crippen molar-refractivity contribution in [3.63, 3.8) is 0 Å². The van der Waals surface area contributed by atoms with Crippen LogP contribution in [0.25, 0.3) is 0 Å². The molecule has 4 aromatic carbocycles. The molecule has 0 saturated heterocycles. The Morgan fingerprint density at radius 2 is 1.56 bits per heavy atom. The first kappa shape index (κ1) is 33.7. The summed E-state index contributed by atoms with van der Waals surface area (Å²) in [5.41, 5.74) is 5.77. The van der Waals surface area contributed by atoms with Gasteiger partial charge in [0.1, 0.15) is 23.0 Å².